The summed E-state index contributed by atoms with van der Waals surface area (Å²) in [5.74, 6) is 0.218. The largest absolute Gasteiger partial charge is 0.494 e. The van der Waals surface area contributed by atoms with Crippen LogP contribution in [0.2, 0.25) is 0 Å². The average molecular weight is 572 g/mol. The van der Waals surface area contributed by atoms with Gasteiger partial charge in [0, 0.05) is 19.3 Å². The quantitative estimate of drug-likeness (QED) is 0.0802. The normalized spacial score (nSPS) is 13.7. The zero-order valence-corrected chi connectivity index (χ0v) is 26.4. The van der Waals surface area contributed by atoms with Crippen molar-refractivity contribution in [3.05, 3.63) is 29.8 Å². The molecule has 1 fully saturated rings. The Bertz CT molecular complexity index is 820. The maximum absolute atomic E-state index is 11.9. The summed E-state index contributed by atoms with van der Waals surface area (Å²) in [5.41, 5.74) is 5.72. The van der Waals surface area contributed by atoms with E-state index in [1.165, 1.54) is 115 Å². The molecule has 41 heavy (non-hydrogen) atoms. The first-order valence-electron chi connectivity index (χ1n) is 17.3. The van der Waals surface area contributed by atoms with Crippen molar-refractivity contribution in [2.24, 2.45) is 5.73 Å². The van der Waals surface area contributed by atoms with Crippen molar-refractivity contribution < 1.29 is 19.1 Å². The topological polar surface area (TPSA) is 78.6 Å². The Morgan fingerprint density at radius 1 is 0.707 bits per heavy atom. The van der Waals surface area contributed by atoms with Crippen LogP contribution >= 0.6 is 0 Å². The Balaban J connectivity index is 1.35. The van der Waals surface area contributed by atoms with Crippen LogP contribution in [0.25, 0.3) is 0 Å². The third kappa shape index (κ3) is 17.5. The Morgan fingerprint density at radius 2 is 1.22 bits per heavy atom. The molecule has 234 valence electrons. The van der Waals surface area contributed by atoms with Gasteiger partial charge in [-0.15, -0.1) is 0 Å². The molecule has 0 atom stereocenters. The van der Waals surface area contributed by atoms with E-state index in [1.54, 1.807) is 0 Å². The van der Waals surface area contributed by atoms with Crippen LogP contribution in [-0.2, 0) is 20.7 Å². The fourth-order valence-electron chi connectivity index (χ4n) is 5.54. The lowest BCUT2D eigenvalue weighted by Gasteiger charge is -2.12. The highest BCUT2D eigenvalue weighted by atomic mass is 16.6. The molecule has 0 aromatic heterocycles. The Hall–Kier alpha value is -2.04. The second-order valence-electron chi connectivity index (χ2n) is 12.4. The first-order chi connectivity index (χ1) is 20.1. The lowest BCUT2D eigenvalue weighted by Crippen LogP contribution is -2.35. The average Bonchev–Trinajstić information content (AvgIpc) is 3.75. The van der Waals surface area contributed by atoms with Crippen LogP contribution in [0.5, 0.6) is 5.75 Å². The molecular weight excluding hydrogens is 510 g/mol. The number of aryl methyl sites for hydroxylation is 1. The van der Waals surface area contributed by atoms with Crippen molar-refractivity contribution in [3.63, 3.8) is 0 Å². The number of unbranched alkanes of at least 4 members (excludes halogenated alkanes) is 19. The van der Waals surface area contributed by atoms with Gasteiger partial charge in [-0.2, -0.15) is 0 Å². The van der Waals surface area contributed by atoms with Gasteiger partial charge in [0.15, 0.2) is 5.60 Å². The molecular formula is C36H61NO4. The fourth-order valence-corrected chi connectivity index (χ4v) is 5.54. The second-order valence-corrected chi connectivity index (χ2v) is 12.4. The Labute approximate surface area is 251 Å². The molecule has 0 bridgehead atoms. The number of primary amides is 1. The summed E-state index contributed by atoms with van der Waals surface area (Å²) in [6.07, 6.45) is 29.8. The number of hydrogen-bond acceptors (Lipinski definition) is 4. The molecule has 0 spiro atoms. The Kier molecular flexibility index (Phi) is 19.3. The second kappa shape index (κ2) is 22.5. The molecule has 0 heterocycles. The van der Waals surface area contributed by atoms with E-state index in [-0.39, 0.29) is 5.97 Å². The van der Waals surface area contributed by atoms with E-state index in [0.29, 0.717) is 19.3 Å². The lowest BCUT2D eigenvalue weighted by molar-refractivity contribution is -0.157. The summed E-state index contributed by atoms with van der Waals surface area (Å²) in [5, 5.41) is 0. The molecule has 1 aromatic rings. The molecule has 1 aliphatic rings. The Morgan fingerprint density at radius 3 is 1.76 bits per heavy atom. The van der Waals surface area contributed by atoms with Gasteiger partial charge < -0.3 is 15.2 Å². The molecule has 5 heteroatoms. The third-order valence-electron chi connectivity index (χ3n) is 8.47. The summed E-state index contributed by atoms with van der Waals surface area (Å²) in [7, 11) is 0. The van der Waals surface area contributed by atoms with E-state index in [4.69, 9.17) is 15.2 Å². The summed E-state index contributed by atoms with van der Waals surface area (Å²) < 4.78 is 11.3. The number of benzene rings is 1. The van der Waals surface area contributed by atoms with Gasteiger partial charge in [0.1, 0.15) is 5.75 Å². The summed E-state index contributed by atoms with van der Waals surface area (Å²) in [4.78, 5) is 23.2. The minimum absolute atomic E-state index is 0.286. The highest BCUT2D eigenvalue weighted by Crippen LogP contribution is 2.39. The highest BCUT2D eigenvalue weighted by molar-refractivity contribution is 5.89. The van der Waals surface area contributed by atoms with Gasteiger partial charge in [0.05, 0.1) is 6.61 Å². The molecule has 0 saturated heterocycles. The zero-order chi connectivity index (χ0) is 29.4. The van der Waals surface area contributed by atoms with Crippen LogP contribution in [0.4, 0.5) is 0 Å². The minimum Gasteiger partial charge on any atom is -0.494 e. The number of carbonyl (C=O) groups is 2. The SMILES string of the molecule is CCCCCCCCCCCCCCCc1cccc(OCCCCCCCCCCC(=O)OC2(C(N)=O)CC2)c1. The molecule has 1 saturated carbocycles. The first-order valence-corrected chi connectivity index (χ1v) is 17.3. The zero-order valence-electron chi connectivity index (χ0n) is 26.4. The van der Waals surface area contributed by atoms with Crippen LogP contribution in [0.3, 0.4) is 0 Å². The molecule has 0 aliphatic heterocycles. The number of esters is 1. The van der Waals surface area contributed by atoms with Gasteiger partial charge in [0.2, 0.25) is 0 Å². The molecule has 0 unspecified atom stereocenters. The molecule has 0 radical (unpaired) electrons. The van der Waals surface area contributed by atoms with E-state index in [2.05, 4.69) is 31.2 Å². The van der Waals surface area contributed by atoms with Crippen molar-refractivity contribution in [1.29, 1.82) is 0 Å². The number of hydrogen-bond donors (Lipinski definition) is 1. The first kappa shape index (κ1) is 35.2. The summed E-state index contributed by atoms with van der Waals surface area (Å²) >= 11 is 0. The van der Waals surface area contributed by atoms with E-state index in [1.807, 2.05) is 0 Å². The van der Waals surface area contributed by atoms with Crippen LogP contribution in [0, 0.1) is 0 Å². The van der Waals surface area contributed by atoms with Crippen LogP contribution in [-0.4, -0.2) is 24.1 Å². The molecule has 5 nitrogen and oxygen atoms in total. The predicted octanol–water partition coefficient (Wildman–Crippen LogP) is 9.77. The lowest BCUT2D eigenvalue weighted by atomic mass is 10.0. The van der Waals surface area contributed by atoms with Gasteiger partial charge >= 0.3 is 5.97 Å². The maximum atomic E-state index is 11.9. The number of amides is 1. The van der Waals surface area contributed by atoms with Gasteiger partial charge in [0.25, 0.3) is 5.91 Å². The van der Waals surface area contributed by atoms with E-state index in [0.717, 1.165) is 44.5 Å². The van der Waals surface area contributed by atoms with Gasteiger partial charge in [-0.1, -0.05) is 135 Å². The predicted molar refractivity (Wildman–Crippen MR) is 170 cm³/mol. The van der Waals surface area contributed by atoms with E-state index < -0.39 is 11.5 Å². The molecule has 2 rings (SSSR count). The van der Waals surface area contributed by atoms with Crippen LogP contribution in [0.15, 0.2) is 24.3 Å². The van der Waals surface area contributed by atoms with Gasteiger partial charge in [-0.05, 0) is 43.4 Å². The molecule has 1 aliphatic carbocycles. The van der Waals surface area contributed by atoms with Crippen molar-refractivity contribution in [3.8, 4) is 5.75 Å². The van der Waals surface area contributed by atoms with Crippen LogP contribution < -0.4 is 10.5 Å². The van der Waals surface area contributed by atoms with Gasteiger partial charge in [-0.25, -0.2) is 0 Å². The number of nitrogens with two attached hydrogens (primary N) is 1. The third-order valence-corrected chi connectivity index (χ3v) is 8.47. The van der Waals surface area contributed by atoms with Crippen molar-refractivity contribution >= 4 is 11.9 Å². The van der Waals surface area contributed by atoms with Crippen LogP contribution in [0.1, 0.15) is 167 Å². The summed E-state index contributed by atoms with van der Waals surface area (Å²) in [6, 6.07) is 8.69. The maximum Gasteiger partial charge on any atom is 0.306 e. The van der Waals surface area contributed by atoms with E-state index in [9.17, 15) is 9.59 Å². The van der Waals surface area contributed by atoms with Crippen molar-refractivity contribution in [1.82, 2.24) is 0 Å². The standard InChI is InChI=1S/C36H61NO4/c1-2-3-4-5-6-7-8-9-10-11-14-17-20-24-32-25-23-26-33(31-32)40-30-22-19-16-13-12-15-18-21-27-34(38)41-36(28-29-36)35(37)39/h23,25-26,31H,2-22,24,27-30H2,1H3,(H2,37,39). The fraction of sp³-hybridized carbons (Fsp3) is 0.778. The van der Waals surface area contributed by atoms with Crippen molar-refractivity contribution in [2.45, 2.75) is 173 Å². The van der Waals surface area contributed by atoms with Gasteiger partial charge in [-0.3, -0.25) is 9.59 Å². The summed E-state index contributed by atoms with van der Waals surface area (Å²) in [6.45, 7) is 3.08. The van der Waals surface area contributed by atoms with E-state index >= 15 is 0 Å². The number of carbonyl (C=O) groups excluding carboxylic acids is 2. The number of ether oxygens (including phenoxy) is 2. The smallest absolute Gasteiger partial charge is 0.306 e. The van der Waals surface area contributed by atoms with Crippen molar-refractivity contribution in [2.75, 3.05) is 6.61 Å². The highest BCUT2D eigenvalue weighted by Gasteiger charge is 2.52. The number of rotatable bonds is 28. The minimum atomic E-state index is -0.977. The molecule has 1 aromatic carbocycles. The monoisotopic (exact) mass is 571 g/mol. The molecule has 2 N–H and O–H groups in total. The molecule has 1 amide bonds.